The molecule has 0 atom stereocenters. The van der Waals surface area contributed by atoms with Crippen LogP contribution in [0.2, 0.25) is 5.02 Å². The largest absolute Gasteiger partial charge is 0.292 e. The molecule has 1 aromatic rings. The van der Waals surface area contributed by atoms with E-state index in [9.17, 15) is 9.18 Å². The van der Waals surface area contributed by atoms with Crippen LogP contribution in [0.4, 0.5) is 4.39 Å². The first kappa shape index (κ1) is 10.1. The lowest BCUT2D eigenvalue weighted by Gasteiger charge is -2.03. The molecule has 0 fully saturated rings. The lowest BCUT2D eigenvalue weighted by Crippen LogP contribution is -2.11. The molecule has 0 spiro atoms. The first-order valence-electron chi connectivity index (χ1n) is 3.87. The fraction of sp³-hybridized carbons (Fsp3) is 0.333. The van der Waals surface area contributed by atoms with Gasteiger partial charge in [0, 0.05) is 12.1 Å². The molecule has 1 aromatic heterocycles. The SMILES string of the molecule is CC(C)C(=O)c1ncc(Cl)cc1F. The third kappa shape index (κ3) is 2.25. The molecule has 0 saturated carbocycles. The van der Waals surface area contributed by atoms with Gasteiger partial charge in [0.1, 0.15) is 5.69 Å². The van der Waals surface area contributed by atoms with Crippen molar-refractivity contribution < 1.29 is 9.18 Å². The number of carbonyl (C=O) groups excluding carboxylic acids is 1. The first-order valence-corrected chi connectivity index (χ1v) is 4.25. The van der Waals surface area contributed by atoms with Crippen LogP contribution in [0.1, 0.15) is 24.3 Å². The molecule has 0 aliphatic carbocycles. The van der Waals surface area contributed by atoms with Crippen LogP contribution in [0.5, 0.6) is 0 Å². The maximum absolute atomic E-state index is 13.1. The van der Waals surface area contributed by atoms with Gasteiger partial charge in [0.05, 0.1) is 5.02 Å². The van der Waals surface area contributed by atoms with Gasteiger partial charge in [-0.15, -0.1) is 0 Å². The number of pyridine rings is 1. The monoisotopic (exact) mass is 201 g/mol. The number of ketones is 1. The smallest absolute Gasteiger partial charge is 0.186 e. The van der Waals surface area contributed by atoms with Crippen LogP contribution in [0.3, 0.4) is 0 Å². The van der Waals surface area contributed by atoms with E-state index in [4.69, 9.17) is 11.6 Å². The van der Waals surface area contributed by atoms with Gasteiger partial charge >= 0.3 is 0 Å². The average molecular weight is 202 g/mol. The highest BCUT2D eigenvalue weighted by atomic mass is 35.5. The maximum Gasteiger partial charge on any atom is 0.186 e. The number of rotatable bonds is 2. The van der Waals surface area contributed by atoms with E-state index in [-0.39, 0.29) is 22.4 Å². The van der Waals surface area contributed by atoms with Crippen LogP contribution in [0.25, 0.3) is 0 Å². The van der Waals surface area contributed by atoms with Crippen molar-refractivity contribution in [2.45, 2.75) is 13.8 Å². The van der Waals surface area contributed by atoms with Gasteiger partial charge in [0.2, 0.25) is 0 Å². The molecule has 4 heteroatoms. The van der Waals surface area contributed by atoms with E-state index in [0.29, 0.717) is 0 Å². The van der Waals surface area contributed by atoms with Gasteiger partial charge in [-0.05, 0) is 6.07 Å². The molecule has 13 heavy (non-hydrogen) atoms. The van der Waals surface area contributed by atoms with Crippen LogP contribution >= 0.6 is 11.6 Å². The lowest BCUT2D eigenvalue weighted by atomic mass is 10.1. The lowest BCUT2D eigenvalue weighted by molar-refractivity contribution is 0.0930. The van der Waals surface area contributed by atoms with Crippen LogP contribution in [-0.2, 0) is 0 Å². The second-order valence-corrected chi connectivity index (χ2v) is 3.44. The third-order valence-electron chi connectivity index (χ3n) is 1.57. The third-order valence-corrected chi connectivity index (χ3v) is 1.77. The molecule has 0 aliphatic rings. The molecule has 0 N–H and O–H groups in total. The average Bonchev–Trinajstić information content (AvgIpc) is 2.03. The first-order chi connectivity index (χ1) is 6.02. The molecule has 0 aromatic carbocycles. The van der Waals surface area contributed by atoms with E-state index >= 15 is 0 Å². The molecule has 0 unspecified atom stereocenters. The fourth-order valence-corrected chi connectivity index (χ4v) is 1.01. The minimum Gasteiger partial charge on any atom is -0.292 e. The number of Topliss-reactive ketones (excluding diaryl/α,β-unsaturated/α-hetero) is 1. The molecule has 0 saturated heterocycles. The predicted octanol–water partition coefficient (Wildman–Crippen LogP) is 2.71. The van der Waals surface area contributed by atoms with Crippen LogP contribution < -0.4 is 0 Å². The molecule has 70 valence electrons. The number of nitrogens with zero attached hydrogens (tertiary/aromatic N) is 1. The summed E-state index contributed by atoms with van der Waals surface area (Å²) < 4.78 is 13.1. The number of halogens is 2. The van der Waals surface area contributed by atoms with Gasteiger partial charge in [-0.1, -0.05) is 25.4 Å². The standard InChI is InChI=1S/C9H9ClFNO/c1-5(2)9(13)8-7(11)3-6(10)4-12-8/h3-5H,1-2H3. The van der Waals surface area contributed by atoms with E-state index in [1.807, 2.05) is 0 Å². The van der Waals surface area contributed by atoms with Gasteiger partial charge in [-0.25, -0.2) is 9.37 Å². The highest BCUT2D eigenvalue weighted by Crippen LogP contribution is 2.14. The van der Waals surface area contributed by atoms with E-state index in [1.54, 1.807) is 13.8 Å². The topological polar surface area (TPSA) is 30.0 Å². The quantitative estimate of drug-likeness (QED) is 0.689. The molecule has 0 aliphatic heterocycles. The summed E-state index contributed by atoms with van der Waals surface area (Å²) in [7, 11) is 0. The van der Waals surface area contributed by atoms with Gasteiger partial charge in [-0.3, -0.25) is 4.79 Å². The Labute approximate surface area is 80.7 Å². The summed E-state index contributed by atoms with van der Waals surface area (Å²) in [5, 5.41) is 0.192. The van der Waals surface area contributed by atoms with Gasteiger partial charge in [0.15, 0.2) is 11.6 Å². The second-order valence-electron chi connectivity index (χ2n) is 3.00. The minimum atomic E-state index is -0.661. The Bertz CT molecular complexity index is 338. The van der Waals surface area contributed by atoms with Crippen LogP contribution in [0.15, 0.2) is 12.3 Å². The number of hydrogen-bond acceptors (Lipinski definition) is 2. The van der Waals surface area contributed by atoms with Crippen LogP contribution in [-0.4, -0.2) is 10.8 Å². The highest BCUT2D eigenvalue weighted by molar-refractivity contribution is 6.30. The normalized spacial score (nSPS) is 10.5. The number of aromatic nitrogens is 1. The molecule has 0 bridgehead atoms. The molecule has 2 nitrogen and oxygen atoms in total. The molecule has 1 heterocycles. The number of carbonyl (C=O) groups is 1. The van der Waals surface area contributed by atoms with Crippen LogP contribution in [0, 0.1) is 11.7 Å². The number of hydrogen-bond donors (Lipinski definition) is 0. The zero-order chi connectivity index (χ0) is 10.0. The van der Waals surface area contributed by atoms with Gasteiger partial charge in [0.25, 0.3) is 0 Å². The van der Waals surface area contributed by atoms with Gasteiger partial charge in [-0.2, -0.15) is 0 Å². The summed E-state index contributed by atoms with van der Waals surface area (Å²) in [6.07, 6.45) is 1.26. The van der Waals surface area contributed by atoms with Crippen molar-refractivity contribution in [3.05, 3.63) is 28.8 Å². The molecular weight excluding hydrogens is 193 g/mol. The van der Waals surface area contributed by atoms with Crippen molar-refractivity contribution in [1.82, 2.24) is 4.98 Å². The van der Waals surface area contributed by atoms with Crippen molar-refractivity contribution >= 4 is 17.4 Å². The molecule has 1 rings (SSSR count). The molecular formula is C9H9ClFNO. The van der Waals surface area contributed by atoms with Crippen molar-refractivity contribution in [3.63, 3.8) is 0 Å². The van der Waals surface area contributed by atoms with E-state index < -0.39 is 5.82 Å². The Morgan fingerprint density at radius 2 is 2.23 bits per heavy atom. The summed E-state index contributed by atoms with van der Waals surface area (Å²) in [5.41, 5.74) is -0.139. The molecule has 0 amide bonds. The Morgan fingerprint density at radius 1 is 1.62 bits per heavy atom. The van der Waals surface area contributed by atoms with Crippen molar-refractivity contribution in [1.29, 1.82) is 0 Å². The van der Waals surface area contributed by atoms with Crippen molar-refractivity contribution in [3.8, 4) is 0 Å². The van der Waals surface area contributed by atoms with Crippen molar-refractivity contribution in [2.24, 2.45) is 5.92 Å². The summed E-state index contributed by atoms with van der Waals surface area (Å²) in [6, 6.07) is 1.09. The Balaban J connectivity index is 3.09. The highest BCUT2D eigenvalue weighted by Gasteiger charge is 2.16. The zero-order valence-electron chi connectivity index (χ0n) is 7.34. The Kier molecular flexibility index (Phi) is 2.98. The summed E-state index contributed by atoms with van der Waals surface area (Å²) >= 11 is 5.49. The summed E-state index contributed by atoms with van der Waals surface area (Å²) in [5.74, 6) is -1.23. The second kappa shape index (κ2) is 3.83. The van der Waals surface area contributed by atoms with E-state index in [2.05, 4.69) is 4.98 Å². The van der Waals surface area contributed by atoms with E-state index in [1.165, 1.54) is 6.20 Å². The van der Waals surface area contributed by atoms with E-state index in [0.717, 1.165) is 6.07 Å². The van der Waals surface area contributed by atoms with Crippen molar-refractivity contribution in [2.75, 3.05) is 0 Å². The molecule has 0 radical (unpaired) electrons. The Morgan fingerprint density at radius 3 is 2.69 bits per heavy atom. The Hall–Kier alpha value is -0.960. The van der Waals surface area contributed by atoms with Gasteiger partial charge < -0.3 is 0 Å². The zero-order valence-corrected chi connectivity index (χ0v) is 8.10. The predicted molar refractivity (Wildman–Crippen MR) is 48.4 cm³/mol. The maximum atomic E-state index is 13.1. The summed E-state index contributed by atoms with van der Waals surface area (Å²) in [4.78, 5) is 15.0. The minimum absolute atomic E-state index is 0.139. The fourth-order valence-electron chi connectivity index (χ4n) is 0.869. The summed E-state index contributed by atoms with van der Waals surface area (Å²) in [6.45, 7) is 3.39.